The summed E-state index contributed by atoms with van der Waals surface area (Å²) in [6.45, 7) is 7.61. The van der Waals surface area contributed by atoms with Crippen LogP contribution < -0.4 is 14.8 Å². The topological polar surface area (TPSA) is 73.9 Å². The maximum Gasteiger partial charge on any atom is 0.344 e. The zero-order chi connectivity index (χ0) is 21.4. The second-order valence-electron chi connectivity index (χ2n) is 7.27. The van der Waals surface area contributed by atoms with Gasteiger partial charge in [0.05, 0.1) is 7.11 Å². The number of carbonyl (C=O) groups is 2. The molecule has 0 saturated carbocycles. The van der Waals surface area contributed by atoms with Crippen molar-refractivity contribution < 1.29 is 23.8 Å². The smallest absolute Gasteiger partial charge is 0.344 e. The third kappa shape index (κ3) is 6.24. The highest BCUT2D eigenvalue weighted by Gasteiger charge is 2.17. The van der Waals surface area contributed by atoms with Crippen molar-refractivity contribution in [2.75, 3.05) is 25.6 Å². The molecule has 0 unspecified atom stereocenters. The van der Waals surface area contributed by atoms with Crippen molar-refractivity contribution in [1.29, 1.82) is 0 Å². The summed E-state index contributed by atoms with van der Waals surface area (Å²) in [6, 6.07) is 13.0. The third-order valence-corrected chi connectivity index (χ3v) is 4.42. The Kier molecular flexibility index (Phi) is 8.07. The number of esters is 1. The number of amides is 1. The molecule has 29 heavy (non-hydrogen) atoms. The van der Waals surface area contributed by atoms with Gasteiger partial charge < -0.3 is 19.5 Å². The molecule has 156 valence electrons. The van der Waals surface area contributed by atoms with E-state index in [2.05, 4.69) is 33.0 Å². The lowest BCUT2D eigenvalue weighted by Gasteiger charge is -2.20. The largest absolute Gasteiger partial charge is 0.493 e. The summed E-state index contributed by atoms with van der Waals surface area (Å²) in [5, 5.41) is 2.91. The Morgan fingerprint density at radius 1 is 0.862 bits per heavy atom. The molecule has 0 aliphatic heterocycles. The number of hydrogen-bond acceptors (Lipinski definition) is 5. The van der Waals surface area contributed by atoms with Gasteiger partial charge in [-0.2, -0.15) is 0 Å². The molecular formula is C23H29NO5. The summed E-state index contributed by atoms with van der Waals surface area (Å²) in [5.41, 5.74) is 2.90. The summed E-state index contributed by atoms with van der Waals surface area (Å²) in [6.07, 6.45) is 0. The SMILES string of the molecule is COc1ccccc1OCC(=O)OCC(=O)Nc1c(C(C)C)cccc1C(C)C. The van der Waals surface area contributed by atoms with Gasteiger partial charge in [0.1, 0.15) is 0 Å². The molecule has 0 aliphatic carbocycles. The van der Waals surface area contributed by atoms with E-state index in [1.165, 1.54) is 7.11 Å². The Bertz CT molecular complexity index is 819. The summed E-state index contributed by atoms with van der Waals surface area (Å²) in [4.78, 5) is 24.3. The molecule has 0 radical (unpaired) electrons. The van der Waals surface area contributed by atoms with Crippen LogP contribution in [0.15, 0.2) is 42.5 Å². The first-order valence-corrected chi connectivity index (χ1v) is 9.67. The van der Waals surface area contributed by atoms with Crippen LogP contribution in [0.1, 0.15) is 50.7 Å². The lowest BCUT2D eigenvalue weighted by molar-refractivity contribution is -0.149. The Morgan fingerprint density at radius 2 is 1.45 bits per heavy atom. The first-order valence-electron chi connectivity index (χ1n) is 9.67. The van der Waals surface area contributed by atoms with Crippen molar-refractivity contribution in [2.45, 2.75) is 39.5 Å². The van der Waals surface area contributed by atoms with Crippen LogP contribution >= 0.6 is 0 Å². The normalized spacial score (nSPS) is 10.7. The van der Waals surface area contributed by atoms with Gasteiger partial charge in [0, 0.05) is 5.69 Å². The van der Waals surface area contributed by atoms with Gasteiger partial charge in [-0.15, -0.1) is 0 Å². The molecule has 0 saturated heterocycles. The van der Waals surface area contributed by atoms with Crippen molar-refractivity contribution in [3.63, 3.8) is 0 Å². The average Bonchev–Trinajstić information content (AvgIpc) is 2.70. The number of ether oxygens (including phenoxy) is 3. The number of nitrogens with one attached hydrogen (secondary N) is 1. The Hall–Kier alpha value is -3.02. The zero-order valence-electron chi connectivity index (χ0n) is 17.7. The molecule has 2 aromatic carbocycles. The van der Waals surface area contributed by atoms with E-state index in [9.17, 15) is 9.59 Å². The van der Waals surface area contributed by atoms with Gasteiger partial charge in [-0.25, -0.2) is 4.79 Å². The predicted molar refractivity (Wildman–Crippen MR) is 113 cm³/mol. The number of benzene rings is 2. The fraction of sp³-hybridized carbons (Fsp3) is 0.391. The van der Waals surface area contributed by atoms with Gasteiger partial charge in [-0.1, -0.05) is 58.0 Å². The minimum Gasteiger partial charge on any atom is -0.493 e. The second-order valence-corrected chi connectivity index (χ2v) is 7.27. The highest BCUT2D eigenvalue weighted by Crippen LogP contribution is 2.32. The van der Waals surface area contributed by atoms with E-state index in [0.717, 1.165) is 16.8 Å². The number of hydrogen-bond donors (Lipinski definition) is 1. The molecule has 0 heterocycles. The molecule has 1 amide bonds. The Morgan fingerprint density at radius 3 is 2.00 bits per heavy atom. The number of para-hydroxylation sites is 3. The standard InChI is InChI=1S/C23H29NO5/c1-15(2)17-9-8-10-18(16(3)4)23(17)24-21(25)13-29-22(26)14-28-20-12-7-6-11-19(20)27-5/h6-12,15-16H,13-14H2,1-5H3,(H,24,25). The minimum absolute atomic E-state index is 0.251. The van der Waals surface area contributed by atoms with Gasteiger partial charge in [-0.3, -0.25) is 4.79 Å². The summed E-state index contributed by atoms with van der Waals surface area (Å²) in [7, 11) is 1.52. The van der Waals surface area contributed by atoms with E-state index in [-0.39, 0.29) is 31.0 Å². The van der Waals surface area contributed by atoms with Crippen LogP contribution in [0.3, 0.4) is 0 Å². The highest BCUT2D eigenvalue weighted by molar-refractivity contribution is 5.94. The number of methoxy groups -OCH3 is 1. The van der Waals surface area contributed by atoms with Crippen molar-refractivity contribution >= 4 is 17.6 Å². The second kappa shape index (κ2) is 10.5. The summed E-state index contributed by atoms with van der Waals surface area (Å²) in [5.74, 6) is 0.438. The number of carbonyl (C=O) groups excluding carboxylic acids is 2. The van der Waals surface area contributed by atoms with Crippen LogP contribution in [0.25, 0.3) is 0 Å². The monoisotopic (exact) mass is 399 g/mol. The molecule has 0 fully saturated rings. The highest BCUT2D eigenvalue weighted by atomic mass is 16.6. The van der Waals surface area contributed by atoms with Crippen molar-refractivity contribution in [1.82, 2.24) is 0 Å². The van der Waals surface area contributed by atoms with Crippen LogP contribution in [0.4, 0.5) is 5.69 Å². The fourth-order valence-corrected chi connectivity index (χ4v) is 2.93. The van der Waals surface area contributed by atoms with Gasteiger partial charge in [-0.05, 0) is 35.1 Å². The van der Waals surface area contributed by atoms with E-state index in [1.807, 2.05) is 18.2 Å². The van der Waals surface area contributed by atoms with Crippen LogP contribution in [0.5, 0.6) is 11.5 Å². The molecule has 0 bridgehead atoms. The molecule has 2 aromatic rings. The molecule has 0 spiro atoms. The van der Waals surface area contributed by atoms with E-state index in [0.29, 0.717) is 11.5 Å². The maximum absolute atomic E-state index is 12.4. The summed E-state index contributed by atoms with van der Waals surface area (Å²) >= 11 is 0. The predicted octanol–water partition coefficient (Wildman–Crippen LogP) is 4.50. The average molecular weight is 399 g/mol. The Labute approximate surface area is 172 Å². The van der Waals surface area contributed by atoms with Crippen LogP contribution in [0.2, 0.25) is 0 Å². The number of anilines is 1. The van der Waals surface area contributed by atoms with Gasteiger partial charge >= 0.3 is 5.97 Å². The lowest BCUT2D eigenvalue weighted by Crippen LogP contribution is -2.25. The molecule has 0 aromatic heterocycles. The first kappa shape index (κ1) is 22.3. The molecule has 0 aliphatic rings. The molecular weight excluding hydrogens is 370 g/mol. The summed E-state index contributed by atoms with van der Waals surface area (Å²) < 4.78 is 15.6. The zero-order valence-corrected chi connectivity index (χ0v) is 17.7. The van der Waals surface area contributed by atoms with E-state index >= 15 is 0 Å². The van der Waals surface area contributed by atoms with E-state index < -0.39 is 5.97 Å². The molecule has 0 atom stereocenters. The lowest BCUT2D eigenvalue weighted by atomic mass is 9.92. The van der Waals surface area contributed by atoms with E-state index in [1.54, 1.807) is 24.3 Å². The third-order valence-electron chi connectivity index (χ3n) is 4.42. The van der Waals surface area contributed by atoms with Crippen LogP contribution in [0, 0.1) is 0 Å². The van der Waals surface area contributed by atoms with Crippen LogP contribution in [-0.2, 0) is 14.3 Å². The van der Waals surface area contributed by atoms with Gasteiger partial charge in [0.25, 0.3) is 5.91 Å². The minimum atomic E-state index is -0.632. The Balaban J connectivity index is 1.94. The van der Waals surface area contributed by atoms with Crippen molar-refractivity contribution in [3.8, 4) is 11.5 Å². The molecule has 6 nitrogen and oxygen atoms in total. The number of rotatable bonds is 9. The molecule has 1 N–H and O–H groups in total. The molecule has 2 rings (SSSR count). The fourth-order valence-electron chi connectivity index (χ4n) is 2.93. The van der Waals surface area contributed by atoms with Gasteiger partial charge in [0.15, 0.2) is 24.7 Å². The van der Waals surface area contributed by atoms with Crippen LogP contribution in [-0.4, -0.2) is 32.2 Å². The van der Waals surface area contributed by atoms with Crippen molar-refractivity contribution in [2.24, 2.45) is 0 Å². The molecule has 6 heteroatoms. The van der Waals surface area contributed by atoms with E-state index in [4.69, 9.17) is 14.2 Å². The quantitative estimate of drug-likeness (QED) is 0.629. The van der Waals surface area contributed by atoms with Crippen molar-refractivity contribution in [3.05, 3.63) is 53.6 Å². The maximum atomic E-state index is 12.4. The van der Waals surface area contributed by atoms with Gasteiger partial charge in [0.2, 0.25) is 0 Å². The first-order chi connectivity index (χ1) is 13.8.